The van der Waals surface area contributed by atoms with E-state index in [4.69, 9.17) is 14.2 Å². The van der Waals surface area contributed by atoms with Gasteiger partial charge in [0, 0.05) is 12.3 Å². The van der Waals surface area contributed by atoms with Crippen molar-refractivity contribution in [1.29, 1.82) is 0 Å². The number of halogens is 3. The highest BCUT2D eigenvalue weighted by atomic mass is 32.2. The average molecular weight is 568 g/mol. The van der Waals surface area contributed by atoms with Crippen LogP contribution in [-0.4, -0.2) is 55.4 Å². The Kier molecular flexibility index (Phi) is 7.46. The maximum absolute atomic E-state index is 13.3. The highest BCUT2D eigenvalue weighted by Crippen LogP contribution is 2.42. The zero-order chi connectivity index (χ0) is 28.8. The number of esters is 1. The first kappa shape index (κ1) is 28.5. The molecule has 2 aromatic rings. The van der Waals surface area contributed by atoms with Gasteiger partial charge in [0.1, 0.15) is 22.7 Å². The molecule has 2 aliphatic rings. The fraction of sp³-hybridized carbons (Fsp3) is 0.407. The molecule has 3 atom stereocenters. The number of alkyl halides is 3. The lowest BCUT2D eigenvalue weighted by Gasteiger charge is -2.32. The molecule has 1 amide bonds. The maximum Gasteiger partial charge on any atom is 0.424 e. The van der Waals surface area contributed by atoms with Crippen LogP contribution in [0.2, 0.25) is 0 Å². The number of amides is 1. The van der Waals surface area contributed by atoms with Gasteiger partial charge in [0.25, 0.3) is 0 Å². The van der Waals surface area contributed by atoms with Crippen molar-refractivity contribution >= 4 is 22.1 Å². The molecule has 3 unspecified atom stereocenters. The van der Waals surface area contributed by atoms with Gasteiger partial charge in [-0.25, -0.2) is 18.0 Å². The second-order valence-corrected chi connectivity index (χ2v) is 12.4. The van der Waals surface area contributed by atoms with Crippen LogP contribution in [0.5, 0.6) is 5.75 Å². The molecule has 0 N–H and O–H groups in total. The summed E-state index contributed by atoms with van der Waals surface area (Å²) in [5, 5.41) is -1.13. The number of nitrogens with zero attached hydrogens (tertiary/aromatic N) is 1. The Morgan fingerprint density at radius 3 is 2.13 bits per heavy atom. The number of sulfonamides is 1. The fourth-order valence-corrected chi connectivity index (χ4v) is 6.42. The molecule has 12 heteroatoms. The third-order valence-corrected chi connectivity index (χ3v) is 8.56. The first-order valence-electron chi connectivity index (χ1n) is 12.1. The van der Waals surface area contributed by atoms with Crippen molar-refractivity contribution in [3.8, 4) is 5.75 Å². The van der Waals surface area contributed by atoms with Gasteiger partial charge in [0.15, 0.2) is 0 Å². The summed E-state index contributed by atoms with van der Waals surface area (Å²) in [5.74, 6) is -0.907. The van der Waals surface area contributed by atoms with Gasteiger partial charge in [-0.2, -0.15) is 17.5 Å². The molecule has 1 fully saturated rings. The fourth-order valence-electron chi connectivity index (χ4n) is 4.57. The molecule has 1 saturated heterocycles. The van der Waals surface area contributed by atoms with Crippen molar-refractivity contribution in [2.24, 2.45) is 0 Å². The van der Waals surface area contributed by atoms with Crippen molar-refractivity contribution < 1.29 is 45.4 Å². The van der Waals surface area contributed by atoms with E-state index >= 15 is 0 Å². The van der Waals surface area contributed by atoms with Crippen molar-refractivity contribution in [3.05, 3.63) is 76.9 Å². The molecule has 0 spiro atoms. The number of carbonyl (C=O) groups is 2. The molecule has 0 radical (unpaired) electrons. The lowest BCUT2D eigenvalue weighted by atomic mass is 9.82. The van der Waals surface area contributed by atoms with Gasteiger partial charge >= 0.3 is 18.2 Å². The van der Waals surface area contributed by atoms with Crippen LogP contribution < -0.4 is 4.74 Å². The molecule has 0 aromatic heterocycles. The molecule has 0 bridgehead atoms. The second kappa shape index (κ2) is 10.2. The van der Waals surface area contributed by atoms with Crippen molar-refractivity contribution in [3.63, 3.8) is 0 Å². The summed E-state index contributed by atoms with van der Waals surface area (Å²) in [4.78, 5) is 25.7. The van der Waals surface area contributed by atoms with Crippen LogP contribution in [0.4, 0.5) is 18.0 Å². The minimum atomic E-state index is -4.57. The standard InChI is InChI=1S/C27H28F3NO7S/c1-26(2,3)38-25(33)31-15-18-13-21(16-7-11-20(36-4)12-8-16)22(14-23(18)39(31,34)35)37-24(32)17-5-9-19(10-6-17)27(28,29)30/h5-13,21-23H,14-15H2,1-4H3. The van der Waals surface area contributed by atoms with E-state index in [2.05, 4.69) is 0 Å². The van der Waals surface area contributed by atoms with Gasteiger partial charge in [-0.3, -0.25) is 0 Å². The zero-order valence-corrected chi connectivity index (χ0v) is 22.5. The lowest BCUT2D eigenvalue weighted by molar-refractivity contribution is -0.137. The molecule has 1 heterocycles. The molecule has 8 nitrogen and oxygen atoms in total. The van der Waals surface area contributed by atoms with E-state index in [0.29, 0.717) is 21.2 Å². The molecule has 2 aromatic carbocycles. The number of benzene rings is 2. The summed E-state index contributed by atoms with van der Waals surface area (Å²) in [6.07, 6.45) is -5.05. The Bertz CT molecular complexity index is 1380. The number of methoxy groups -OCH3 is 1. The van der Waals surface area contributed by atoms with Crippen molar-refractivity contribution in [1.82, 2.24) is 4.31 Å². The largest absolute Gasteiger partial charge is 0.497 e. The molecule has 39 heavy (non-hydrogen) atoms. The van der Waals surface area contributed by atoms with Crippen LogP contribution >= 0.6 is 0 Å². The predicted octanol–water partition coefficient (Wildman–Crippen LogP) is 5.30. The number of hydrogen-bond acceptors (Lipinski definition) is 7. The Balaban J connectivity index is 1.66. The SMILES string of the molecule is COc1ccc(C2C=C3CN(C(=O)OC(C)(C)C)S(=O)(=O)C3CC2OC(=O)c2ccc(C(F)(F)F)cc2)cc1. The molecule has 1 aliphatic heterocycles. The van der Waals surface area contributed by atoms with E-state index in [1.165, 1.54) is 7.11 Å². The highest BCUT2D eigenvalue weighted by Gasteiger charge is 2.51. The van der Waals surface area contributed by atoms with Crippen LogP contribution in [-0.2, 0) is 25.7 Å². The molecular formula is C27H28F3NO7S. The summed E-state index contributed by atoms with van der Waals surface area (Å²) < 4.78 is 82.4. The van der Waals surface area contributed by atoms with Gasteiger partial charge in [0.2, 0.25) is 10.0 Å². The van der Waals surface area contributed by atoms with E-state index in [-0.39, 0.29) is 18.5 Å². The number of ether oxygens (including phenoxy) is 3. The van der Waals surface area contributed by atoms with E-state index in [1.807, 2.05) is 0 Å². The van der Waals surface area contributed by atoms with E-state index in [9.17, 15) is 31.2 Å². The Morgan fingerprint density at radius 2 is 1.59 bits per heavy atom. The van der Waals surface area contributed by atoms with Crippen LogP contribution in [0.3, 0.4) is 0 Å². The van der Waals surface area contributed by atoms with Crippen LogP contribution in [0.25, 0.3) is 0 Å². The summed E-state index contributed by atoms with van der Waals surface area (Å²) >= 11 is 0. The molecule has 1 aliphatic carbocycles. The quantitative estimate of drug-likeness (QED) is 0.365. The minimum absolute atomic E-state index is 0.115. The van der Waals surface area contributed by atoms with Crippen LogP contribution in [0, 0.1) is 0 Å². The van der Waals surface area contributed by atoms with Gasteiger partial charge in [-0.05, 0) is 68.3 Å². The summed E-state index contributed by atoms with van der Waals surface area (Å²) in [7, 11) is -2.67. The summed E-state index contributed by atoms with van der Waals surface area (Å²) in [6.45, 7) is 4.66. The lowest BCUT2D eigenvalue weighted by Crippen LogP contribution is -2.40. The first-order chi connectivity index (χ1) is 18.1. The number of rotatable bonds is 4. The van der Waals surface area contributed by atoms with E-state index in [1.54, 1.807) is 51.1 Å². The number of fused-ring (bicyclic) bond motifs is 1. The summed E-state index contributed by atoms with van der Waals surface area (Å²) in [6, 6.07) is 10.5. The van der Waals surface area contributed by atoms with Crippen LogP contribution in [0.1, 0.15) is 54.6 Å². The molecular weight excluding hydrogens is 539 g/mol. The third-order valence-electron chi connectivity index (χ3n) is 6.45. The zero-order valence-electron chi connectivity index (χ0n) is 21.7. The Morgan fingerprint density at radius 1 is 0.974 bits per heavy atom. The highest BCUT2D eigenvalue weighted by molar-refractivity contribution is 7.90. The van der Waals surface area contributed by atoms with Gasteiger partial charge in [-0.15, -0.1) is 0 Å². The Labute approximate surface area is 224 Å². The molecule has 0 saturated carbocycles. The van der Waals surface area contributed by atoms with Gasteiger partial charge < -0.3 is 14.2 Å². The van der Waals surface area contributed by atoms with Gasteiger partial charge in [-0.1, -0.05) is 18.2 Å². The number of carbonyl (C=O) groups excluding carboxylic acids is 2. The normalized spacial score (nSPS) is 22.5. The monoisotopic (exact) mass is 567 g/mol. The Hall–Kier alpha value is -3.54. The molecule has 210 valence electrons. The number of hydrogen-bond donors (Lipinski definition) is 0. The first-order valence-corrected chi connectivity index (χ1v) is 13.6. The smallest absolute Gasteiger partial charge is 0.424 e. The van der Waals surface area contributed by atoms with Gasteiger partial charge in [0.05, 0.1) is 24.8 Å². The molecule has 4 rings (SSSR count). The predicted molar refractivity (Wildman–Crippen MR) is 135 cm³/mol. The minimum Gasteiger partial charge on any atom is -0.497 e. The van der Waals surface area contributed by atoms with E-state index < -0.39 is 56.7 Å². The average Bonchev–Trinajstić information content (AvgIpc) is 3.12. The third kappa shape index (κ3) is 6.05. The summed E-state index contributed by atoms with van der Waals surface area (Å²) in [5.41, 5.74) is -0.792. The maximum atomic E-state index is 13.3. The van der Waals surface area contributed by atoms with Crippen molar-refractivity contribution in [2.75, 3.05) is 13.7 Å². The topological polar surface area (TPSA) is 99.2 Å². The van der Waals surface area contributed by atoms with E-state index in [0.717, 1.165) is 24.3 Å². The van der Waals surface area contributed by atoms with Crippen molar-refractivity contribution in [2.45, 2.75) is 56.2 Å². The van der Waals surface area contributed by atoms with Crippen LogP contribution in [0.15, 0.2) is 60.2 Å². The second-order valence-electron chi connectivity index (χ2n) is 10.3.